The molecule has 3 N–H and O–H groups in total. The number of rotatable bonds is 10. The molecule has 220 valence electrons. The van der Waals surface area contributed by atoms with E-state index in [2.05, 4.69) is 38.2 Å². The Morgan fingerprint density at radius 2 is 1.83 bits per heavy atom. The van der Waals surface area contributed by atoms with Crippen molar-refractivity contribution in [2.45, 2.75) is 77.3 Å². The minimum absolute atomic E-state index is 0.0972. The van der Waals surface area contributed by atoms with Crippen molar-refractivity contribution in [2.75, 3.05) is 23.4 Å². The predicted molar refractivity (Wildman–Crippen MR) is 166 cm³/mol. The first kappa shape index (κ1) is 30.9. The van der Waals surface area contributed by atoms with E-state index in [1.54, 1.807) is 17.0 Å². The van der Waals surface area contributed by atoms with E-state index in [4.69, 9.17) is 4.74 Å². The molecular weight excluding hydrogens is 532 g/mol. The van der Waals surface area contributed by atoms with Crippen LogP contribution in [0, 0.1) is 5.92 Å². The van der Waals surface area contributed by atoms with Crippen LogP contribution in [0.1, 0.15) is 62.9 Å². The first-order valence-electron chi connectivity index (χ1n) is 14.5. The van der Waals surface area contributed by atoms with E-state index in [0.717, 1.165) is 18.5 Å². The highest BCUT2D eigenvalue weighted by atomic mass is 28.4. The molecule has 2 amide bonds. The summed E-state index contributed by atoms with van der Waals surface area (Å²) in [6, 6.07) is 14.5. The number of carbonyl (C=O) groups is 2. The number of fused-ring (bicyclic) bond motifs is 2. The Hall–Kier alpha value is -3.04. The van der Waals surface area contributed by atoms with Crippen LogP contribution in [0.2, 0.25) is 18.6 Å². The maximum absolute atomic E-state index is 14.4. The molecule has 0 saturated carbocycles. The molecule has 2 aliphatic rings. The van der Waals surface area contributed by atoms with E-state index in [1.807, 2.05) is 56.4 Å². The third kappa shape index (κ3) is 6.26. The molecule has 41 heavy (non-hydrogen) atoms. The van der Waals surface area contributed by atoms with Crippen LogP contribution >= 0.6 is 0 Å². The third-order valence-corrected chi connectivity index (χ3v) is 10.9. The Bertz CT molecular complexity index is 1330. The lowest BCUT2D eigenvalue weighted by Crippen LogP contribution is -2.46. The number of anilines is 2. The number of aliphatic hydroxyl groups is 1. The topological polar surface area (TPSA) is 99.1 Å². The van der Waals surface area contributed by atoms with Crippen molar-refractivity contribution >= 4 is 31.5 Å². The van der Waals surface area contributed by atoms with E-state index in [1.165, 1.54) is 11.1 Å². The van der Waals surface area contributed by atoms with Gasteiger partial charge in [-0.25, -0.2) is 0 Å². The summed E-state index contributed by atoms with van der Waals surface area (Å²) in [5.41, 5.74) is 3.46. The Labute approximate surface area is 245 Å². The van der Waals surface area contributed by atoms with Crippen molar-refractivity contribution in [2.24, 2.45) is 5.92 Å². The van der Waals surface area contributed by atoms with Crippen LogP contribution in [-0.2, 0) is 15.1 Å². The Balaban J connectivity index is 1.74. The van der Waals surface area contributed by atoms with Crippen LogP contribution in [0.4, 0.5) is 11.4 Å². The van der Waals surface area contributed by atoms with Gasteiger partial charge in [0.05, 0.1) is 11.8 Å². The van der Waals surface area contributed by atoms with Gasteiger partial charge in [-0.2, -0.15) is 0 Å². The van der Waals surface area contributed by atoms with Crippen molar-refractivity contribution in [3.05, 3.63) is 83.0 Å². The second kappa shape index (κ2) is 12.4. The second-order valence-electron chi connectivity index (χ2n) is 12.2. The Kier molecular flexibility index (Phi) is 9.38. The molecular formula is C33H44N2O5Si. The normalized spacial score (nSPS) is 24.1. The Morgan fingerprint density at radius 3 is 2.46 bits per heavy atom. The number of nitrogens with one attached hydrogen (secondary N) is 1. The maximum Gasteiger partial charge on any atom is 0.264 e. The third-order valence-electron chi connectivity index (χ3n) is 8.40. The highest BCUT2D eigenvalue weighted by Gasteiger charge is 2.66. The first-order valence-corrected chi connectivity index (χ1v) is 17.6. The first-order chi connectivity index (χ1) is 19.4. The molecule has 2 aromatic rings. The monoisotopic (exact) mass is 576 g/mol. The molecule has 1 fully saturated rings. The van der Waals surface area contributed by atoms with Crippen molar-refractivity contribution in [1.29, 1.82) is 0 Å². The molecule has 0 aromatic heterocycles. The molecule has 1 saturated heterocycles. The summed E-state index contributed by atoms with van der Waals surface area (Å²) >= 11 is 0. The molecule has 8 heteroatoms. The minimum Gasteiger partial charge on any atom is -0.432 e. The molecule has 4 rings (SSSR count). The lowest BCUT2D eigenvalue weighted by atomic mass is 9.82. The van der Waals surface area contributed by atoms with Crippen LogP contribution in [0.15, 0.2) is 71.8 Å². The lowest BCUT2D eigenvalue weighted by molar-refractivity contribution is -0.146. The fraction of sp³-hybridized carbons (Fsp3) is 0.455. The van der Waals surface area contributed by atoms with Gasteiger partial charge in [0.15, 0.2) is 13.9 Å². The van der Waals surface area contributed by atoms with E-state index in [-0.39, 0.29) is 29.9 Å². The van der Waals surface area contributed by atoms with Gasteiger partial charge in [0.25, 0.3) is 11.8 Å². The second-order valence-corrected chi connectivity index (χ2v) is 16.2. The highest BCUT2D eigenvalue weighted by Crippen LogP contribution is 2.59. The van der Waals surface area contributed by atoms with Gasteiger partial charge < -0.3 is 24.9 Å². The van der Waals surface area contributed by atoms with Gasteiger partial charge in [-0.1, -0.05) is 48.4 Å². The van der Waals surface area contributed by atoms with Gasteiger partial charge in [0, 0.05) is 41.4 Å². The summed E-state index contributed by atoms with van der Waals surface area (Å²) in [6.07, 6.45) is 6.05. The number of hydrogen-bond donors (Lipinski definition) is 3. The highest BCUT2D eigenvalue weighted by molar-refractivity contribution is 6.71. The minimum atomic E-state index is -2.79. The fourth-order valence-electron chi connectivity index (χ4n) is 6.46. The zero-order valence-corrected chi connectivity index (χ0v) is 26.1. The summed E-state index contributed by atoms with van der Waals surface area (Å²) in [7, 11) is -2.79. The van der Waals surface area contributed by atoms with Crippen molar-refractivity contribution in [3.63, 3.8) is 0 Å². The smallest absolute Gasteiger partial charge is 0.264 e. The average Bonchev–Trinajstić information content (AvgIpc) is 3.34. The molecule has 0 radical (unpaired) electrons. The SMILES string of the molecule is CC(C)=CCC/C(C)=C/CN1C(=O)[C@]2(O[C@H](CCO)[C@@H]([Si](C)(C)O)[C@@H]2C)c2cc(NC(=O)c3ccccc3)ccc21. The number of ether oxygens (including phenoxy) is 1. The largest absolute Gasteiger partial charge is 0.432 e. The van der Waals surface area contributed by atoms with Crippen LogP contribution in [0.5, 0.6) is 0 Å². The van der Waals surface area contributed by atoms with Gasteiger partial charge in [-0.15, -0.1) is 0 Å². The predicted octanol–water partition coefficient (Wildman–Crippen LogP) is 6.16. The summed E-state index contributed by atoms with van der Waals surface area (Å²) in [5, 5.41) is 12.8. The van der Waals surface area contributed by atoms with Gasteiger partial charge >= 0.3 is 0 Å². The van der Waals surface area contributed by atoms with Crippen molar-refractivity contribution in [1.82, 2.24) is 0 Å². The number of benzene rings is 2. The maximum atomic E-state index is 14.4. The van der Waals surface area contributed by atoms with Crippen LogP contribution in [0.3, 0.4) is 0 Å². The molecule has 1 spiro atoms. The summed E-state index contributed by atoms with van der Waals surface area (Å²) < 4.78 is 6.70. The number of allylic oxidation sites excluding steroid dienone is 3. The zero-order valence-electron chi connectivity index (χ0n) is 25.1. The zero-order chi connectivity index (χ0) is 29.9. The molecule has 7 nitrogen and oxygen atoms in total. The van der Waals surface area contributed by atoms with E-state index in [9.17, 15) is 19.5 Å². The van der Waals surface area contributed by atoms with E-state index in [0.29, 0.717) is 29.8 Å². The fourth-order valence-corrected chi connectivity index (χ4v) is 9.07. The number of carbonyl (C=O) groups excluding carboxylic acids is 2. The van der Waals surface area contributed by atoms with Crippen molar-refractivity contribution in [3.8, 4) is 0 Å². The van der Waals surface area contributed by atoms with Crippen LogP contribution < -0.4 is 10.2 Å². The van der Waals surface area contributed by atoms with Crippen LogP contribution in [-0.4, -0.2) is 49.3 Å². The van der Waals surface area contributed by atoms with Gasteiger partial charge in [0.1, 0.15) is 0 Å². The molecule has 0 aliphatic carbocycles. The summed E-state index contributed by atoms with van der Waals surface area (Å²) in [6.45, 7) is 12.3. The number of nitrogens with zero attached hydrogens (tertiary/aromatic N) is 1. The standard InChI is InChI=1S/C33H44N2O5Si/c1-22(2)11-10-12-23(3)17-19-35-28-16-15-26(34-31(37)25-13-8-7-9-14-25)21-27(28)33(32(35)38)24(4)30(41(5,6)39)29(40-33)18-20-36/h7-9,11,13-17,21,24,29-30,36,39H,10,12,18-20H2,1-6H3,(H,34,37)/b23-17+/t24-,29+,30-,33+/m0/s1. The average molecular weight is 577 g/mol. The molecule has 0 unspecified atom stereocenters. The van der Waals surface area contributed by atoms with Crippen molar-refractivity contribution < 1.29 is 24.2 Å². The van der Waals surface area contributed by atoms with Gasteiger partial charge in [-0.05, 0) is 83.5 Å². The van der Waals surface area contributed by atoms with Gasteiger partial charge in [-0.3, -0.25) is 9.59 Å². The number of amides is 2. The molecule has 2 aromatic carbocycles. The molecule has 2 aliphatic heterocycles. The van der Waals surface area contributed by atoms with E-state index < -0.39 is 20.0 Å². The van der Waals surface area contributed by atoms with Crippen LogP contribution in [0.25, 0.3) is 0 Å². The Morgan fingerprint density at radius 1 is 1.12 bits per heavy atom. The quantitative estimate of drug-likeness (QED) is 0.232. The van der Waals surface area contributed by atoms with Gasteiger partial charge in [0.2, 0.25) is 0 Å². The molecule has 2 heterocycles. The van der Waals surface area contributed by atoms with E-state index >= 15 is 0 Å². The molecule has 0 bridgehead atoms. The number of hydrogen-bond acceptors (Lipinski definition) is 5. The summed E-state index contributed by atoms with van der Waals surface area (Å²) in [4.78, 5) is 40.5. The molecule has 4 atom stereocenters. The number of aliphatic hydroxyl groups excluding tert-OH is 1. The summed E-state index contributed by atoms with van der Waals surface area (Å²) in [5.74, 6) is -0.732. The lowest BCUT2D eigenvalue weighted by Gasteiger charge is -2.32.